The molecule has 0 spiro atoms. The zero-order valence-corrected chi connectivity index (χ0v) is 15.4. The molecule has 26 heavy (non-hydrogen) atoms. The monoisotopic (exact) mass is 354 g/mol. The van der Waals surface area contributed by atoms with Crippen molar-refractivity contribution in [2.75, 3.05) is 23.3 Å². The second-order valence-corrected chi connectivity index (χ2v) is 6.83. The van der Waals surface area contributed by atoms with Gasteiger partial charge in [-0.2, -0.15) is 9.97 Å². The molecule has 0 bridgehead atoms. The third-order valence-electron chi connectivity index (χ3n) is 4.14. The van der Waals surface area contributed by atoms with Gasteiger partial charge in [-0.25, -0.2) is 4.98 Å². The van der Waals surface area contributed by atoms with Crippen LogP contribution in [0.15, 0.2) is 24.3 Å². The van der Waals surface area contributed by atoms with Crippen molar-refractivity contribution < 1.29 is 0 Å². The fraction of sp³-hybridized carbons (Fsp3) is 0.389. The minimum atomic E-state index is -0.0119. The van der Waals surface area contributed by atoms with Crippen LogP contribution in [-0.4, -0.2) is 32.1 Å². The number of nitrogen functional groups attached to an aromatic ring is 2. The van der Waals surface area contributed by atoms with Crippen molar-refractivity contribution in [3.63, 3.8) is 0 Å². The Bertz CT molecular complexity index is 913. The number of benzene rings is 1. The summed E-state index contributed by atoms with van der Waals surface area (Å²) in [5, 5.41) is 3.12. The van der Waals surface area contributed by atoms with Crippen LogP contribution < -0.4 is 22.5 Å². The molecule has 3 rings (SSSR count). The number of aromatic nitrogens is 4. The standard InChI is InChI=1S/C18H26N8/c1-10(2)26-14(8-12-6-4-5-7-13(12)20)23-15-16(21)24-18(25-17(15)26)22-9-11(3)19/h4-7,10-11H,8-9,19-20H2,1-3H3,(H3,21,22,24,25). The van der Waals surface area contributed by atoms with Crippen LogP contribution >= 0.6 is 0 Å². The summed E-state index contributed by atoms with van der Waals surface area (Å²) in [7, 11) is 0. The number of rotatable bonds is 6. The molecule has 138 valence electrons. The highest BCUT2D eigenvalue weighted by atomic mass is 15.2. The van der Waals surface area contributed by atoms with E-state index < -0.39 is 0 Å². The number of nitrogens with one attached hydrogen (secondary N) is 1. The molecule has 0 aliphatic heterocycles. The van der Waals surface area contributed by atoms with Gasteiger partial charge in [0.1, 0.15) is 5.82 Å². The minimum Gasteiger partial charge on any atom is -0.398 e. The molecule has 2 heterocycles. The van der Waals surface area contributed by atoms with Gasteiger partial charge in [0.25, 0.3) is 0 Å². The predicted octanol–water partition coefficient (Wildman–Crippen LogP) is 1.92. The Morgan fingerprint density at radius 2 is 1.81 bits per heavy atom. The molecule has 1 aromatic carbocycles. The number of nitrogens with two attached hydrogens (primary N) is 3. The van der Waals surface area contributed by atoms with E-state index in [1.54, 1.807) is 0 Å². The molecule has 0 aliphatic rings. The quantitative estimate of drug-likeness (QED) is 0.497. The summed E-state index contributed by atoms with van der Waals surface area (Å²) >= 11 is 0. The lowest BCUT2D eigenvalue weighted by atomic mass is 10.1. The van der Waals surface area contributed by atoms with Gasteiger partial charge in [0.15, 0.2) is 17.0 Å². The zero-order valence-electron chi connectivity index (χ0n) is 15.4. The van der Waals surface area contributed by atoms with E-state index in [4.69, 9.17) is 22.2 Å². The van der Waals surface area contributed by atoms with Gasteiger partial charge in [0.05, 0.1) is 0 Å². The van der Waals surface area contributed by atoms with E-state index in [2.05, 4.69) is 33.7 Å². The Morgan fingerprint density at radius 1 is 1.08 bits per heavy atom. The van der Waals surface area contributed by atoms with Gasteiger partial charge in [-0.05, 0) is 32.4 Å². The fourth-order valence-electron chi connectivity index (χ4n) is 2.90. The average Bonchev–Trinajstić information content (AvgIpc) is 2.94. The van der Waals surface area contributed by atoms with E-state index in [9.17, 15) is 0 Å². The lowest BCUT2D eigenvalue weighted by Gasteiger charge is -2.14. The molecule has 0 radical (unpaired) electrons. The summed E-state index contributed by atoms with van der Waals surface area (Å²) in [6, 6.07) is 7.94. The van der Waals surface area contributed by atoms with Crippen molar-refractivity contribution in [2.24, 2.45) is 5.73 Å². The van der Waals surface area contributed by atoms with Gasteiger partial charge in [-0.3, -0.25) is 0 Å². The number of fused-ring (bicyclic) bond motifs is 1. The number of hydrogen-bond acceptors (Lipinski definition) is 7. The van der Waals surface area contributed by atoms with Crippen molar-refractivity contribution in [1.29, 1.82) is 0 Å². The highest BCUT2D eigenvalue weighted by Gasteiger charge is 2.19. The highest BCUT2D eigenvalue weighted by Crippen LogP contribution is 2.26. The molecule has 0 aliphatic carbocycles. The normalized spacial score (nSPS) is 12.7. The van der Waals surface area contributed by atoms with Gasteiger partial charge >= 0.3 is 0 Å². The molecule has 8 heteroatoms. The Labute approximate surface area is 152 Å². The summed E-state index contributed by atoms with van der Waals surface area (Å²) in [5.41, 5.74) is 21.1. The van der Waals surface area contributed by atoms with Crippen LogP contribution in [-0.2, 0) is 6.42 Å². The molecule has 8 nitrogen and oxygen atoms in total. The van der Waals surface area contributed by atoms with E-state index in [0.717, 1.165) is 17.1 Å². The fourth-order valence-corrected chi connectivity index (χ4v) is 2.90. The average molecular weight is 354 g/mol. The number of nitrogens with zero attached hydrogens (tertiary/aromatic N) is 4. The maximum absolute atomic E-state index is 6.15. The van der Waals surface area contributed by atoms with Crippen LogP contribution in [0.25, 0.3) is 11.2 Å². The Hall–Kier alpha value is -2.87. The molecule has 0 amide bonds. The number of imidazole rings is 1. The number of para-hydroxylation sites is 1. The minimum absolute atomic E-state index is 0.0119. The van der Waals surface area contributed by atoms with E-state index in [0.29, 0.717) is 35.9 Å². The summed E-state index contributed by atoms with van der Waals surface area (Å²) in [4.78, 5) is 13.6. The molecule has 0 saturated heterocycles. The second-order valence-electron chi connectivity index (χ2n) is 6.83. The van der Waals surface area contributed by atoms with Crippen molar-refractivity contribution in [3.8, 4) is 0 Å². The van der Waals surface area contributed by atoms with E-state index in [1.165, 1.54) is 0 Å². The van der Waals surface area contributed by atoms with Crippen molar-refractivity contribution >= 4 is 28.6 Å². The van der Waals surface area contributed by atoms with Crippen molar-refractivity contribution in [2.45, 2.75) is 39.3 Å². The van der Waals surface area contributed by atoms with Crippen LogP contribution in [0, 0.1) is 0 Å². The summed E-state index contributed by atoms with van der Waals surface area (Å²) in [6.45, 7) is 6.66. The molecule has 0 saturated carbocycles. The smallest absolute Gasteiger partial charge is 0.226 e. The Kier molecular flexibility index (Phi) is 4.94. The highest BCUT2D eigenvalue weighted by molar-refractivity contribution is 5.83. The van der Waals surface area contributed by atoms with Crippen LogP contribution in [0.5, 0.6) is 0 Å². The first-order chi connectivity index (χ1) is 12.4. The van der Waals surface area contributed by atoms with Gasteiger partial charge < -0.3 is 27.1 Å². The third-order valence-corrected chi connectivity index (χ3v) is 4.14. The topological polar surface area (TPSA) is 134 Å². The largest absolute Gasteiger partial charge is 0.398 e. The molecule has 1 atom stereocenters. The zero-order chi connectivity index (χ0) is 18.8. The summed E-state index contributed by atoms with van der Waals surface area (Å²) in [5.74, 6) is 1.67. The predicted molar refractivity (Wildman–Crippen MR) is 106 cm³/mol. The van der Waals surface area contributed by atoms with Gasteiger partial charge in [0.2, 0.25) is 5.95 Å². The number of anilines is 3. The van der Waals surface area contributed by atoms with Crippen LogP contribution in [0.1, 0.15) is 38.2 Å². The van der Waals surface area contributed by atoms with Gasteiger partial charge in [0, 0.05) is 30.7 Å². The lowest BCUT2D eigenvalue weighted by Crippen LogP contribution is -2.26. The van der Waals surface area contributed by atoms with E-state index >= 15 is 0 Å². The van der Waals surface area contributed by atoms with Crippen LogP contribution in [0.4, 0.5) is 17.5 Å². The first kappa shape index (κ1) is 17.9. The lowest BCUT2D eigenvalue weighted by molar-refractivity contribution is 0.587. The molecule has 7 N–H and O–H groups in total. The van der Waals surface area contributed by atoms with E-state index in [1.807, 2.05) is 31.2 Å². The maximum Gasteiger partial charge on any atom is 0.226 e. The molecule has 0 fully saturated rings. The number of hydrogen-bond donors (Lipinski definition) is 4. The second kappa shape index (κ2) is 7.17. The molecular weight excluding hydrogens is 328 g/mol. The Balaban J connectivity index is 2.08. The SMILES string of the molecule is CC(N)CNc1nc(N)c2nc(Cc3ccccc3N)n(C(C)C)c2n1. The molecular formula is C18H26N8. The third kappa shape index (κ3) is 3.55. The van der Waals surface area contributed by atoms with Crippen LogP contribution in [0.3, 0.4) is 0 Å². The van der Waals surface area contributed by atoms with Gasteiger partial charge in [-0.1, -0.05) is 18.2 Å². The Morgan fingerprint density at radius 3 is 2.46 bits per heavy atom. The summed E-state index contributed by atoms with van der Waals surface area (Å²) < 4.78 is 2.08. The van der Waals surface area contributed by atoms with Gasteiger partial charge in [-0.15, -0.1) is 0 Å². The maximum atomic E-state index is 6.15. The summed E-state index contributed by atoms with van der Waals surface area (Å²) in [6.07, 6.45) is 0.600. The van der Waals surface area contributed by atoms with Crippen LogP contribution in [0.2, 0.25) is 0 Å². The van der Waals surface area contributed by atoms with E-state index in [-0.39, 0.29) is 12.1 Å². The first-order valence-electron chi connectivity index (χ1n) is 8.74. The van der Waals surface area contributed by atoms with Crippen molar-refractivity contribution in [1.82, 2.24) is 19.5 Å². The van der Waals surface area contributed by atoms with Crippen molar-refractivity contribution in [3.05, 3.63) is 35.7 Å². The molecule has 1 unspecified atom stereocenters. The first-order valence-corrected chi connectivity index (χ1v) is 8.74. The molecule has 3 aromatic rings. The molecule has 2 aromatic heterocycles.